The quantitative estimate of drug-likeness (QED) is 0.226. The number of ether oxygens (including phenoxy) is 2. The zero-order valence-corrected chi connectivity index (χ0v) is 22.3. The lowest BCUT2D eigenvalue weighted by molar-refractivity contribution is -0.112. The van der Waals surface area contributed by atoms with E-state index in [1.165, 1.54) is 38.5 Å². The Kier molecular flexibility index (Phi) is 6.79. The van der Waals surface area contributed by atoms with Crippen molar-refractivity contribution in [3.05, 3.63) is 12.2 Å². The number of allylic oxidation sites excluding steroid dienone is 1. The van der Waals surface area contributed by atoms with Crippen LogP contribution in [0.3, 0.4) is 0 Å². The minimum absolute atomic E-state index is 0.163. The second-order valence-electron chi connectivity index (χ2n) is 12.8. The summed E-state index contributed by atoms with van der Waals surface area (Å²) in [6.07, 6.45) is 14.5. The van der Waals surface area contributed by atoms with Crippen molar-refractivity contribution in [2.75, 3.05) is 13.9 Å². The smallest absolute Gasteiger partial charge is 0.192 e. The third-order valence-electron chi connectivity index (χ3n) is 9.42. The molecule has 0 aromatic carbocycles. The Morgan fingerprint density at radius 1 is 1.07 bits per heavy atom. The lowest BCUT2D eigenvalue weighted by Gasteiger charge is -2.49. The highest BCUT2D eigenvalue weighted by Gasteiger charge is 2.70. The third kappa shape index (κ3) is 4.49. The number of hydrogen-bond acceptors (Lipinski definition) is 3. The van der Waals surface area contributed by atoms with Gasteiger partial charge in [0.25, 0.3) is 0 Å². The summed E-state index contributed by atoms with van der Waals surface area (Å²) in [5.41, 5.74) is 0.820. The van der Waals surface area contributed by atoms with E-state index in [-0.39, 0.29) is 5.60 Å². The number of fused-ring (bicyclic) bond motifs is 2. The van der Waals surface area contributed by atoms with Crippen LogP contribution < -0.4 is 0 Å². The molecule has 0 bridgehead atoms. The van der Waals surface area contributed by atoms with Crippen LogP contribution in [0.1, 0.15) is 86.5 Å². The van der Waals surface area contributed by atoms with Gasteiger partial charge < -0.3 is 13.9 Å². The molecule has 0 heterocycles. The van der Waals surface area contributed by atoms with Gasteiger partial charge in [0.05, 0.1) is 5.60 Å². The van der Waals surface area contributed by atoms with Gasteiger partial charge in [0.1, 0.15) is 6.79 Å². The molecular weight excluding hydrogens is 388 g/mol. The van der Waals surface area contributed by atoms with Crippen LogP contribution in [-0.4, -0.2) is 33.9 Å². The van der Waals surface area contributed by atoms with Crippen molar-refractivity contribution in [3.8, 4) is 0 Å². The summed E-state index contributed by atoms with van der Waals surface area (Å²) < 4.78 is 17.9. The molecular formula is C26H48O3Si. The molecule has 0 unspecified atom stereocenters. The van der Waals surface area contributed by atoms with Gasteiger partial charge in [-0.1, -0.05) is 46.3 Å². The zero-order valence-electron chi connectivity index (χ0n) is 21.3. The van der Waals surface area contributed by atoms with Gasteiger partial charge in [-0.3, -0.25) is 0 Å². The first kappa shape index (κ1) is 24.5. The largest absolute Gasteiger partial charge is 0.414 e. The summed E-state index contributed by atoms with van der Waals surface area (Å²) in [5.74, 6) is 1.50. The Morgan fingerprint density at radius 2 is 1.77 bits per heavy atom. The van der Waals surface area contributed by atoms with Crippen molar-refractivity contribution in [2.24, 2.45) is 22.7 Å². The molecule has 1 spiro atoms. The molecule has 5 atom stereocenters. The van der Waals surface area contributed by atoms with E-state index in [1.807, 2.05) is 0 Å². The molecule has 3 fully saturated rings. The van der Waals surface area contributed by atoms with Gasteiger partial charge in [0.2, 0.25) is 0 Å². The summed E-state index contributed by atoms with van der Waals surface area (Å²) in [7, 11) is -0.0355. The van der Waals surface area contributed by atoms with E-state index in [0.29, 0.717) is 28.8 Å². The van der Waals surface area contributed by atoms with E-state index >= 15 is 0 Å². The van der Waals surface area contributed by atoms with Gasteiger partial charge in [-0.2, -0.15) is 0 Å². The maximum atomic E-state index is 7.03. The second-order valence-corrected chi connectivity index (χ2v) is 17.5. The highest BCUT2D eigenvalue weighted by atomic mass is 28.4. The lowest BCUT2D eigenvalue weighted by atomic mass is 9.62. The Hall–Kier alpha value is -0.163. The topological polar surface area (TPSA) is 27.7 Å². The van der Waals surface area contributed by atoms with E-state index in [1.54, 1.807) is 7.11 Å². The molecule has 30 heavy (non-hydrogen) atoms. The molecule has 0 saturated heterocycles. The fraction of sp³-hybridized carbons (Fsp3) is 0.923. The predicted molar refractivity (Wildman–Crippen MR) is 128 cm³/mol. The molecule has 3 saturated carbocycles. The van der Waals surface area contributed by atoms with Gasteiger partial charge in [-0.05, 0) is 93.2 Å². The van der Waals surface area contributed by atoms with Crippen LogP contribution >= 0.6 is 0 Å². The number of rotatable bonds is 8. The molecule has 0 aromatic heterocycles. The maximum Gasteiger partial charge on any atom is 0.192 e. The summed E-state index contributed by atoms with van der Waals surface area (Å²) in [5, 5.41) is 0.291. The van der Waals surface area contributed by atoms with Gasteiger partial charge in [-0.15, -0.1) is 0 Å². The summed E-state index contributed by atoms with van der Waals surface area (Å²) in [6, 6.07) is 0. The van der Waals surface area contributed by atoms with Crippen LogP contribution in [0.4, 0.5) is 0 Å². The highest BCUT2D eigenvalue weighted by Crippen LogP contribution is 2.76. The molecule has 0 aliphatic heterocycles. The monoisotopic (exact) mass is 436 g/mol. The Balaban J connectivity index is 1.66. The first-order chi connectivity index (χ1) is 13.8. The van der Waals surface area contributed by atoms with Gasteiger partial charge in [-0.25, -0.2) is 0 Å². The van der Waals surface area contributed by atoms with Gasteiger partial charge >= 0.3 is 0 Å². The molecule has 174 valence electrons. The normalized spacial score (nSPS) is 37.2. The van der Waals surface area contributed by atoms with Crippen molar-refractivity contribution in [2.45, 2.75) is 116 Å². The van der Waals surface area contributed by atoms with Crippen molar-refractivity contribution in [1.82, 2.24) is 0 Å². The molecule has 3 rings (SSSR count). The summed E-state index contributed by atoms with van der Waals surface area (Å²) in [4.78, 5) is 0. The molecule has 3 aliphatic carbocycles. The molecule has 0 N–H and O–H groups in total. The van der Waals surface area contributed by atoms with Crippen molar-refractivity contribution < 1.29 is 13.9 Å². The molecule has 3 nitrogen and oxygen atoms in total. The predicted octanol–water partition coefficient (Wildman–Crippen LogP) is 7.33. The Bertz CT molecular complexity index is 635. The molecule has 0 radical (unpaired) electrons. The first-order valence-electron chi connectivity index (χ1n) is 12.3. The molecule has 0 amide bonds. The number of methoxy groups -OCH3 is 1. The second kappa shape index (κ2) is 8.32. The average molecular weight is 437 g/mol. The maximum absolute atomic E-state index is 7.03. The average Bonchev–Trinajstić information content (AvgIpc) is 3.24. The first-order valence-corrected chi connectivity index (χ1v) is 15.2. The summed E-state index contributed by atoms with van der Waals surface area (Å²) in [6.45, 7) is 19.3. The van der Waals surface area contributed by atoms with Crippen molar-refractivity contribution >= 4 is 8.32 Å². The van der Waals surface area contributed by atoms with E-state index in [4.69, 9.17) is 13.9 Å². The lowest BCUT2D eigenvalue weighted by Crippen LogP contribution is -2.50. The van der Waals surface area contributed by atoms with E-state index in [9.17, 15) is 0 Å². The zero-order chi connectivity index (χ0) is 22.4. The van der Waals surface area contributed by atoms with Crippen LogP contribution in [0.2, 0.25) is 18.1 Å². The van der Waals surface area contributed by atoms with Crippen LogP contribution in [0.25, 0.3) is 0 Å². The van der Waals surface area contributed by atoms with Crippen LogP contribution in [0.5, 0.6) is 0 Å². The standard InChI is InChI=1S/C26H48O3Si/c1-23(2,3)30(8,9)29-22-13-11-16-25(6)21(22)14-17-26(25)18-20(26)12-10-15-24(4,5)28-19-27-7/h10,12,20-22H,11,13-19H2,1-9H3/b12-10-/t20-,21+,22+,25+,26+/m1/s1. The fourth-order valence-corrected chi connectivity index (χ4v) is 7.70. The van der Waals surface area contributed by atoms with E-state index in [0.717, 1.165) is 18.3 Å². The highest BCUT2D eigenvalue weighted by molar-refractivity contribution is 6.74. The molecule has 4 heteroatoms. The van der Waals surface area contributed by atoms with E-state index in [2.05, 4.69) is 66.8 Å². The SMILES string of the molecule is COCOC(C)(C)C/C=C\[C@@H]1C[C@@]12CC[C@H]1[C@@H](O[Si](C)(C)C(C)(C)C)CCC[C@@]12C. The van der Waals surface area contributed by atoms with Crippen molar-refractivity contribution in [3.63, 3.8) is 0 Å². The van der Waals surface area contributed by atoms with Crippen molar-refractivity contribution in [1.29, 1.82) is 0 Å². The molecule has 0 aromatic rings. The Morgan fingerprint density at radius 3 is 2.40 bits per heavy atom. The van der Waals surface area contributed by atoms with Crippen LogP contribution in [-0.2, 0) is 13.9 Å². The van der Waals surface area contributed by atoms with Gasteiger partial charge in [0.15, 0.2) is 8.32 Å². The van der Waals surface area contributed by atoms with Crippen LogP contribution in [0.15, 0.2) is 12.2 Å². The minimum atomic E-state index is -1.72. The van der Waals surface area contributed by atoms with Crippen LogP contribution in [0, 0.1) is 22.7 Å². The Labute approximate surface area is 187 Å². The third-order valence-corrected chi connectivity index (χ3v) is 13.9. The fourth-order valence-electron chi connectivity index (χ4n) is 6.31. The minimum Gasteiger partial charge on any atom is -0.414 e. The molecule has 3 aliphatic rings. The van der Waals surface area contributed by atoms with Gasteiger partial charge in [0, 0.05) is 13.2 Å². The van der Waals surface area contributed by atoms with E-state index < -0.39 is 8.32 Å². The number of hydrogen-bond donors (Lipinski definition) is 0. The summed E-state index contributed by atoms with van der Waals surface area (Å²) >= 11 is 0.